The summed E-state index contributed by atoms with van der Waals surface area (Å²) in [5.74, 6) is -0.530. The largest absolute Gasteiger partial charge is 0.446 e. The molecule has 0 radical (unpaired) electrons. The second-order valence-corrected chi connectivity index (χ2v) is 12.0. The summed E-state index contributed by atoms with van der Waals surface area (Å²) in [5.41, 5.74) is 3.40. The molecule has 252 valence electrons. The average molecular weight is 646 g/mol. The first-order valence-electron chi connectivity index (χ1n) is 16.6. The maximum absolute atomic E-state index is 14.5. The second kappa shape index (κ2) is 18.0. The Balaban J connectivity index is 1.07. The van der Waals surface area contributed by atoms with Gasteiger partial charge in [-0.05, 0) is 62.4 Å². The van der Waals surface area contributed by atoms with E-state index in [0.29, 0.717) is 37.3 Å². The van der Waals surface area contributed by atoms with Crippen LogP contribution in [0, 0.1) is 5.82 Å². The van der Waals surface area contributed by atoms with Gasteiger partial charge in [0.05, 0.1) is 11.4 Å². The van der Waals surface area contributed by atoms with Crippen LogP contribution in [0.3, 0.4) is 0 Å². The highest BCUT2D eigenvalue weighted by atomic mass is 19.1. The number of benzene rings is 3. The van der Waals surface area contributed by atoms with E-state index in [4.69, 9.17) is 4.74 Å². The maximum Gasteiger partial charge on any atom is 0.411 e. The summed E-state index contributed by atoms with van der Waals surface area (Å²) in [6.45, 7) is 6.06. The van der Waals surface area contributed by atoms with Gasteiger partial charge < -0.3 is 24.8 Å². The van der Waals surface area contributed by atoms with Gasteiger partial charge in [0.15, 0.2) is 0 Å². The molecule has 3 aromatic rings. The van der Waals surface area contributed by atoms with Crippen molar-refractivity contribution >= 4 is 29.3 Å². The molecule has 0 bridgehead atoms. The number of hydrogen-bond acceptors (Lipinski definition) is 6. The van der Waals surface area contributed by atoms with Gasteiger partial charge in [0.25, 0.3) is 5.91 Å². The van der Waals surface area contributed by atoms with Gasteiger partial charge >= 0.3 is 6.09 Å². The van der Waals surface area contributed by atoms with E-state index in [1.54, 1.807) is 24.1 Å². The van der Waals surface area contributed by atoms with Crippen molar-refractivity contribution in [3.8, 4) is 11.1 Å². The minimum Gasteiger partial charge on any atom is -0.446 e. The van der Waals surface area contributed by atoms with Crippen molar-refractivity contribution in [2.45, 2.75) is 51.6 Å². The van der Waals surface area contributed by atoms with Gasteiger partial charge in [-0.1, -0.05) is 55.0 Å². The summed E-state index contributed by atoms with van der Waals surface area (Å²) >= 11 is 0. The Hall–Kier alpha value is -4.44. The van der Waals surface area contributed by atoms with Crippen LogP contribution < -0.4 is 10.6 Å². The lowest BCUT2D eigenvalue weighted by Gasteiger charge is -2.32. The van der Waals surface area contributed by atoms with Crippen LogP contribution >= 0.6 is 0 Å². The van der Waals surface area contributed by atoms with Crippen molar-refractivity contribution in [1.29, 1.82) is 0 Å². The zero-order valence-corrected chi connectivity index (χ0v) is 27.8. The molecule has 2 N–H and O–H groups in total. The minimum absolute atomic E-state index is 0.118. The van der Waals surface area contributed by atoms with Gasteiger partial charge in [-0.2, -0.15) is 0 Å². The van der Waals surface area contributed by atoms with E-state index in [-0.39, 0.29) is 17.9 Å². The lowest BCUT2D eigenvalue weighted by atomic mass is 10.0. The normalized spacial score (nSPS) is 13.5. The highest BCUT2D eigenvalue weighted by Gasteiger charge is 2.23. The number of ether oxygens (including phenoxy) is 1. The zero-order valence-electron chi connectivity index (χ0n) is 27.8. The number of carbonyl (C=O) groups is 3. The number of unbranched alkanes of at least 4 members (excludes halogenated alkanes) is 2. The van der Waals surface area contributed by atoms with Crippen molar-refractivity contribution in [3.05, 3.63) is 84.2 Å². The van der Waals surface area contributed by atoms with Crippen LogP contribution in [0.2, 0.25) is 0 Å². The van der Waals surface area contributed by atoms with Crippen LogP contribution in [0.25, 0.3) is 11.1 Å². The Morgan fingerprint density at radius 2 is 1.62 bits per heavy atom. The number of likely N-dealkylation sites (tertiary alicyclic amines) is 1. The fourth-order valence-electron chi connectivity index (χ4n) is 5.57. The topological polar surface area (TPSA) is 94.2 Å². The molecule has 1 saturated heterocycles. The molecule has 1 heterocycles. The standard InChI is InChI=1S/C37H48FN5O4/c1-4-41(2)36(45)29-18-19-34(32(38)27-29)39-22-12-6-9-17-35(44)42(3)25-26-43-23-20-30(21-24-43)47-37(46)40-33-16-11-10-15-31(33)28-13-7-5-8-14-28/h5,7-8,10-11,13-16,18-19,27,30,39H,4,6,9,12,17,20-26H2,1-3H3,(H,40,46). The monoisotopic (exact) mass is 645 g/mol. The van der Waals surface area contributed by atoms with E-state index in [1.807, 2.05) is 68.6 Å². The molecule has 3 amide bonds. The summed E-state index contributed by atoms with van der Waals surface area (Å²) < 4.78 is 20.2. The van der Waals surface area contributed by atoms with Gasteiger partial charge in [0.2, 0.25) is 5.91 Å². The molecule has 10 heteroatoms. The number of likely N-dealkylation sites (N-methyl/N-ethyl adjacent to an activating group) is 1. The van der Waals surface area contributed by atoms with Crippen molar-refractivity contribution in [2.75, 3.05) is 64.0 Å². The molecule has 0 unspecified atom stereocenters. The van der Waals surface area contributed by atoms with E-state index in [1.165, 1.54) is 11.0 Å². The fourth-order valence-corrected chi connectivity index (χ4v) is 5.57. The van der Waals surface area contributed by atoms with Crippen LogP contribution in [-0.2, 0) is 9.53 Å². The van der Waals surface area contributed by atoms with Crippen molar-refractivity contribution in [1.82, 2.24) is 14.7 Å². The Morgan fingerprint density at radius 3 is 2.34 bits per heavy atom. The maximum atomic E-state index is 14.5. The summed E-state index contributed by atoms with van der Waals surface area (Å²) in [6, 6.07) is 22.1. The molecule has 9 nitrogen and oxygen atoms in total. The average Bonchev–Trinajstić information content (AvgIpc) is 3.09. The molecule has 0 aliphatic carbocycles. The molecule has 1 aliphatic rings. The van der Waals surface area contributed by atoms with E-state index in [2.05, 4.69) is 15.5 Å². The van der Waals surface area contributed by atoms with Crippen molar-refractivity contribution in [3.63, 3.8) is 0 Å². The summed E-state index contributed by atoms with van der Waals surface area (Å²) in [6.07, 6.45) is 3.83. The number of hydrogen-bond donors (Lipinski definition) is 2. The number of halogens is 1. The number of para-hydroxylation sites is 1. The molecule has 0 spiro atoms. The Labute approximate surface area is 278 Å². The van der Waals surface area contributed by atoms with E-state index >= 15 is 0 Å². The molecule has 1 aliphatic heterocycles. The molecule has 0 atom stereocenters. The van der Waals surface area contributed by atoms with E-state index < -0.39 is 11.9 Å². The highest BCUT2D eigenvalue weighted by molar-refractivity contribution is 5.94. The Morgan fingerprint density at radius 1 is 0.894 bits per heavy atom. The third-order valence-corrected chi connectivity index (χ3v) is 8.65. The first-order chi connectivity index (χ1) is 22.7. The predicted octanol–water partition coefficient (Wildman–Crippen LogP) is 6.73. The first-order valence-corrected chi connectivity index (χ1v) is 16.6. The summed E-state index contributed by atoms with van der Waals surface area (Å²) in [4.78, 5) is 43.2. The van der Waals surface area contributed by atoms with Crippen LogP contribution in [0.4, 0.5) is 20.6 Å². The number of carbonyl (C=O) groups excluding carboxylic acids is 3. The van der Waals surface area contributed by atoms with Gasteiger partial charge in [-0.3, -0.25) is 14.9 Å². The predicted molar refractivity (Wildman–Crippen MR) is 185 cm³/mol. The molecule has 1 fully saturated rings. The van der Waals surface area contributed by atoms with Gasteiger partial charge in [0.1, 0.15) is 11.9 Å². The molecular formula is C37H48FN5O4. The van der Waals surface area contributed by atoms with Crippen molar-refractivity contribution in [2.24, 2.45) is 0 Å². The Kier molecular flexibility index (Phi) is 13.6. The number of anilines is 2. The van der Waals surface area contributed by atoms with Crippen molar-refractivity contribution < 1.29 is 23.5 Å². The van der Waals surface area contributed by atoms with Crippen LogP contribution in [0.1, 0.15) is 55.8 Å². The minimum atomic E-state index is -0.444. The lowest BCUT2D eigenvalue weighted by Crippen LogP contribution is -2.42. The molecule has 0 aromatic heterocycles. The molecule has 47 heavy (non-hydrogen) atoms. The third kappa shape index (κ3) is 10.8. The molecule has 0 saturated carbocycles. The molecular weight excluding hydrogens is 597 g/mol. The lowest BCUT2D eigenvalue weighted by molar-refractivity contribution is -0.130. The smallest absolute Gasteiger partial charge is 0.411 e. The number of amides is 3. The van der Waals surface area contributed by atoms with Crippen LogP contribution in [0.5, 0.6) is 0 Å². The van der Waals surface area contributed by atoms with Crippen LogP contribution in [0.15, 0.2) is 72.8 Å². The summed E-state index contributed by atoms with van der Waals surface area (Å²) in [7, 11) is 3.53. The van der Waals surface area contributed by atoms with Gasteiger partial charge in [0, 0.05) is 70.9 Å². The highest BCUT2D eigenvalue weighted by Crippen LogP contribution is 2.28. The third-order valence-electron chi connectivity index (χ3n) is 8.65. The summed E-state index contributed by atoms with van der Waals surface area (Å²) in [5, 5.41) is 6.01. The Bertz CT molecular complexity index is 1460. The van der Waals surface area contributed by atoms with E-state index in [9.17, 15) is 18.8 Å². The molecule has 3 aromatic carbocycles. The number of rotatable bonds is 15. The van der Waals surface area contributed by atoms with E-state index in [0.717, 1.165) is 68.6 Å². The number of nitrogens with one attached hydrogen (secondary N) is 2. The second-order valence-electron chi connectivity index (χ2n) is 12.0. The van der Waals surface area contributed by atoms with Gasteiger partial charge in [-0.15, -0.1) is 0 Å². The van der Waals surface area contributed by atoms with Gasteiger partial charge in [-0.25, -0.2) is 9.18 Å². The zero-order chi connectivity index (χ0) is 33.6. The first kappa shape index (κ1) is 35.4. The number of piperidine rings is 1. The molecule has 4 rings (SSSR count). The SMILES string of the molecule is CCN(C)C(=O)c1ccc(NCCCCCC(=O)N(C)CCN2CCC(OC(=O)Nc3ccccc3-c3ccccc3)CC2)c(F)c1. The quantitative estimate of drug-likeness (QED) is 0.178. The number of nitrogens with zero attached hydrogens (tertiary/aromatic N) is 3. The van der Waals surface area contributed by atoms with Crippen LogP contribution in [-0.4, -0.2) is 92.1 Å². The fraction of sp³-hybridized carbons (Fsp3) is 0.432.